The van der Waals surface area contributed by atoms with E-state index in [-0.39, 0.29) is 16.9 Å². The molecular formula is C27H29N3O3S. The Morgan fingerprint density at radius 2 is 1.50 bits per heavy atom. The van der Waals surface area contributed by atoms with Gasteiger partial charge in [-0.3, -0.25) is 14.9 Å². The number of rotatable bonds is 7. The van der Waals surface area contributed by atoms with Gasteiger partial charge in [0.25, 0.3) is 5.91 Å². The molecule has 0 aliphatic carbocycles. The van der Waals surface area contributed by atoms with Crippen LogP contribution in [0.4, 0.5) is 11.4 Å². The maximum atomic E-state index is 12.5. The predicted molar refractivity (Wildman–Crippen MR) is 140 cm³/mol. The van der Waals surface area contributed by atoms with Gasteiger partial charge in [0.2, 0.25) is 5.91 Å². The number of thiocarbonyl (C=S) groups is 1. The normalized spacial score (nSPS) is 10.8. The Labute approximate surface area is 205 Å². The molecule has 0 radical (unpaired) electrons. The van der Waals surface area contributed by atoms with Crippen LogP contribution in [0.25, 0.3) is 0 Å². The third-order valence-corrected chi connectivity index (χ3v) is 5.11. The molecule has 0 bridgehead atoms. The second kappa shape index (κ2) is 11.4. The first-order valence-electron chi connectivity index (χ1n) is 11.0. The molecule has 0 saturated heterocycles. The quantitative estimate of drug-likeness (QED) is 0.398. The van der Waals surface area contributed by atoms with Gasteiger partial charge in [-0.1, -0.05) is 57.2 Å². The molecule has 176 valence electrons. The molecule has 0 fully saturated rings. The lowest BCUT2D eigenvalue weighted by molar-refractivity contribution is -0.123. The van der Waals surface area contributed by atoms with E-state index >= 15 is 0 Å². The van der Waals surface area contributed by atoms with Crippen molar-refractivity contribution in [2.24, 2.45) is 5.41 Å². The van der Waals surface area contributed by atoms with E-state index < -0.39 is 5.41 Å². The Morgan fingerprint density at radius 1 is 0.853 bits per heavy atom. The molecule has 0 saturated carbocycles. The van der Waals surface area contributed by atoms with E-state index in [4.69, 9.17) is 17.0 Å². The summed E-state index contributed by atoms with van der Waals surface area (Å²) in [4.78, 5) is 24.7. The highest BCUT2D eigenvalue weighted by Crippen LogP contribution is 2.20. The SMILES string of the molecule is CC(C)(C)C(=O)Nc1cccc(NC(=S)NC(=O)c2ccc(OCCc3ccccc3)cc2)c1. The van der Waals surface area contributed by atoms with E-state index in [2.05, 4.69) is 28.1 Å². The Bertz CT molecular complexity index is 1140. The lowest BCUT2D eigenvalue weighted by Gasteiger charge is -2.18. The fraction of sp³-hybridized carbons (Fsp3) is 0.222. The smallest absolute Gasteiger partial charge is 0.257 e. The molecule has 0 atom stereocenters. The van der Waals surface area contributed by atoms with E-state index in [9.17, 15) is 9.59 Å². The van der Waals surface area contributed by atoms with E-state index in [1.54, 1.807) is 48.5 Å². The number of amides is 2. The number of anilines is 2. The van der Waals surface area contributed by atoms with Gasteiger partial charge in [-0.25, -0.2) is 0 Å². The van der Waals surface area contributed by atoms with Crippen molar-refractivity contribution in [3.8, 4) is 5.75 Å². The number of hydrogen-bond donors (Lipinski definition) is 3. The monoisotopic (exact) mass is 475 g/mol. The van der Waals surface area contributed by atoms with Gasteiger partial charge in [-0.2, -0.15) is 0 Å². The number of carbonyl (C=O) groups excluding carboxylic acids is 2. The average Bonchev–Trinajstić information content (AvgIpc) is 2.79. The van der Waals surface area contributed by atoms with Gasteiger partial charge in [-0.05, 0) is 60.2 Å². The fourth-order valence-electron chi connectivity index (χ4n) is 2.96. The zero-order valence-electron chi connectivity index (χ0n) is 19.6. The summed E-state index contributed by atoms with van der Waals surface area (Å²) in [6.07, 6.45) is 0.810. The van der Waals surface area contributed by atoms with Crippen molar-refractivity contribution in [2.75, 3.05) is 17.2 Å². The van der Waals surface area contributed by atoms with Crippen LogP contribution in [-0.2, 0) is 11.2 Å². The number of ether oxygens (including phenoxy) is 1. The van der Waals surface area contributed by atoms with Crippen LogP contribution in [0, 0.1) is 5.41 Å². The lowest BCUT2D eigenvalue weighted by atomic mass is 9.95. The van der Waals surface area contributed by atoms with Crippen LogP contribution in [0.3, 0.4) is 0 Å². The lowest BCUT2D eigenvalue weighted by Crippen LogP contribution is -2.34. The topological polar surface area (TPSA) is 79.5 Å². The Kier molecular flexibility index (Phi) is 8.38. The summed E-state index contributed by atoms with van der Waals surface area (Å²) in [5.41, 5.74) is 2.46. The van der Waals surface area contributed by atoms with Crippen molar-refractivity contribution in [3.63, 3.8) is 0 Å². The van der Waals surface area contributed by atoms with E-state index in [1.165, 1.54) is 5.56 Å². The van der Waals surface area contributed by atoms with Gasteiger partial charge in [-0.15, -0.1) is 0 Å². The summed E-state index contributed by atoms with van der Waals surface area (Å²) in [7, 11) is 0. The van der Waals surface area contributed by atoms with Crippen LogP contribution in [-0.4, -0.2) is 23.5 Å². The Hall–Kier alpha value is -3.71. The first kappa shape index (κ1) is 24.9. The highest BCUT2D eigenvalue weighted by Gasteiger charge is 2.21. The number of nitrogens with one attached hydrogen (secondary N) is 3. The minimum Gasteiger partial charge on any atom is -0.493 e. The summed E-state index contributed by atoms with van der Waals surface area (Å²) >= 11 is 5.28. The molecule has 6 nitrogen and oxygen atoms in total. The van der Waals surface area contributed by atoms with E-state index in [0.717, 1.165) is 6.42 Å². The Morgan fingerprint density at radius 3 is 2.15 bits per heavy atom. The highest BCUT2D eigenvalue weighted by molar-refractivity contribution is 7.80. The molecular weight excluding hydrogens is 446 g/mol. The number of hydrogen-bond acceptors (Lipinski definition) is 4. The molecule has 0 aliphatic rings. The van der Waals surface area contributed by atoms with E-state index in [1.807, 2.05) is 39.0 Å². The Balaban J connectivity index is 1.49. The van der Waals surface area contributed by atoms with Gasteiger partial charge in [0, 0.05) is 28.8 Å². The van der Waals surface area contributed by atoms with Crippen molar-refractivity contribution in [1.82, 2.24) is 5.32 Å². The molecule has 0 aliphatic heterocycles. The molecule has 0 spiro atoms. The molecule has 0 unspecified atom stereocenters. The van der Waals surface area contributed by atoms with Crippen molar-refractivity contribution < 1.29 is 14.3 Å². The summed E-state index contributed by atoms with van der Waals surface area (Å²) in [6.45, 7) is 6.09. The molecule has 3 aromatic carbocycles. The maximum absolute atomic E-state index is 12.5. The second-order valence-electron chi connectivity index (χ2n) is 8.80. The molecule has 3 N–H and O–H groups in total. The minimum absolute atomic E-state index is 0.0898. The zero-order valence-corrected chi connectivity index (χ0v) is 20.4. The molecule has 7 heteroatoms. The van der Waals surface area contributed by atoms with Crippen molar-refractivity contribution in [1.29, 1.82) is 0 Å². The molecule has 34 heavy (non-hydrogen) atoms. The molecule has 3 aromatic rings. The number of carbonyl (C=O) groups is 2. The van der Waals surface area contributed by atoms with Gasteiger partial charge in [0.15, 0.2) is 5.11 Å². The third kappa shape index (κ3) is 7.71. The summed E-state index contributed by atoms with van der Waals surface area (Å²) in [6, 6.07) is 24.2. The summed E-state index contributed by atoms with van der Waals surface area (Å²) in [5.74, 6) is 0.279. The van der Waals surface area contributed by atoms with Crippen LogP contribution >= 0.6 is 12.2 Å². The van der Waals surface area contributed by atoms with Gasteiger partial charge >= 0.3 is 0 Å². The largest absolute Gasteiger partial charge is 0.493 e. The molecule has 3 rings (SSSR count). The molecule has 0 heterocycles. The van der Waals surface area contributed by atoms with Crippen LogP contribution < -0.4 is 20.7 Å². The maximum Gasteiger partial charge on any atom is 0.257 e. The standard InChI is InChI=1S/C27H29N3O3S/c1-27(2,3)25(32)28-21-10-7-11-22(18-21)29-26(34)30-24(31)20-12-14-23(15-13-20)33-17-16-19-8-5-4-6-9-19/h4-15,18H,16-17H2,1-3H3,(H,28,32)(H2,29,30,31,34). The van der Waals surface area contributed by atoms with Crippen molar-refractivity contribution in [2.45, 2.75) is 27.2 Å². The van der Waals surface area contributed by atoms with E-state index in [0.29, 0.717) is 29.3 Å². The molecule has 0 aromatic heterocycles. The summed E-state index contributed by atoms with van der Waals surface area (Å²) < 4.78 is 5.76. The first-order chi connectivity index (χ1) is 16.2. The molecule has 2 amide bonds. The van der Waals surface area contributed by atoms with Crippen LogP contribution in [0.15, 0.2) is 78.9 Å². The van der Waals surface area contributed by atoms with Crippen molar-refractivity contribution in [3.05, 3.63) is 90.0 Å². The third-order valence-electron chi connectivity index (χ3n) is 4.91. The first-order valence-corrected chi connectivity index (χ1v) is 11.4. The van der Waals surface area contributed by atoms with Crippen LogP contribution in [0.5, 0.6) is 5.75 Å². The van der Waals surface area contributed by atoms with Gasteiger partial charge in [0.1, 0.15) is 5.75 Å². The van der Waals surface area contributed by atoms with Crippen molar-refractivity contribution >= 4 is 40.5 Å². The zero-order chi connectivity index (χ0) is 24.6. The second-order valence-corrected chi connectivity index (χ2v) is 9.21. The average molecular weight is 476 g/mol. The van der Waals surface area contributed by atoms with Gasteiger partial charge in [0.05, 0.1) is 6.61 Å². The van der Waals surface area contributed by atoms with Gasteiger partial charge < -0.3 is 15.4 Å². The fourth-order valence-corrected chi connectivity index (χ4v) is 3.18. The predicted octanol–water partition coefficient (Wildman–Crippen LogP) is 5.42. The number of benzene rings is 3. The van der Waals surface area contributed by atoms with Crippen LogP contribution in [0.2, 0.25) is 0 Å². The minimum atomic E-state index is -0.505. The van der Waals surface area contributed by atoms with Crippen LogP contribution in [0.1, 0.15) is 36.7 Å². The summed E-state index contributed by atoms with van der Waals surface area (Å²) in [5, 5.41) is 8.67. The highest BCUT2D eigenvalue weighted by atomic mass is 32.1.